The first-order chi connectivity index (χ1) is 22.5. The van der Waals surface area contributed by atoms with Gasteiger partial charge in [-0.3, -0.25) is 14.4 Å². The number of Topliss-reactive ketones (excluding diaryl/α,β-unsaturated/α-hetero) is 1. The number of nitrogens with one attached hydrogen (secondary N) is 2. The molecule has 0 aliphatic heterocycles. The number of halogens is 2. The van der Waals surface area contributed by atoms with E-state index in [2.05, 4.69) is 20.7 Å². The maximum atomic E-state index is 13.8. The van der Waals surface area contributed by atoms with Crippen LogP contribution in [0.4, 0.5) is 8.78 Å². The molecule has 0 spiro atoms. The number of carboxylic acid groups (broad SMARTS) is 1. The number of aromatic hydroxyl groups is 1. The quantitative estimate of drug-likeness (QED) is 0.172. The first-order valence-electron chi connectivity index (χ1n) is 14.6. The fourth-order valence-corrected chi connectivity index (χ4v) is 5.75. The largest absolute Gasteiger partial charge is 0.508 e. The minimum atomic E-state index is -1.07. The molecule has 5 aromatic rings. The Labute approximate surface area is 265 Å². The molecular formula is C34H27F2N5O6. The summed E-state index contributed by atoms with van der Waals surface area (Å²) in [6, 6.07) is 13.2. The maximum Gasteiger partial charge on any atom is 0.335 e. The summed E-state index contributed by atoms with van der Waals surface area (Å²) < 4.78 is 28.3. The van der Waals surface area contributed by atoms with Crippen LogP contribution in [0.2, 0.25) is 0 Å². The Morgan fingerprint density at radius 1 is 0.936 bits per heavy atom. The number of ketones is 1. The molecule has 1 aliphatic carbocycles. The molecule has 2 amide bonds. The second kappa shape index (κ2) is 12.4. The Hall–Kier alpha value is -5.98. The van der Waals surface area contributed by atoms with Gasteiger partial charge in [0.1, 0.15) is 17.1 Å². The van der Waals surface area contributed by atoms with Crippen LogP contribution in [0.25, 0.3) is 5.65 Å². The zero-order valence-electron chi connectivity index (χ0n) is 24.9. The summed E-state index contributed by atoms with van der Waals surface area (Å²) in [4.78, 5) is 56.4. The van der Waals surface area contributed by atoms with Gasteiger partial charge < -0.3 is 20.8 Å². The fourth-order valence-electron chi connectivity index (χ4n) is 5.75. The monoisotopic (exact) mass is 639 g/mol. The van der Waals surface area contributed by atoms with Gasteiger partial charge in [0.05, 0.1) is 23.4 Å². The van der Waals surface area contributed by atoms with Gasteiger partial charge in [0.2, 0.25) is 0 Å². The average molecular weight is 640 g/mol. The van der Waals surface area contributed by atoms with Crippen molar-refractivity contribution in [1.29, 1.82) is 0 Å². The van der Waals surface area contributed by atoms with E-state index in [9.17, 15) is 38.2 Å². The number of fused-ring (bicyclic) bond motifs is 2. The predicted molar refractivity (Wildman–Crippen MR) is 163 cm³/mol. The van der Waals surface area contributed by atoms with Crippen LogP contribution in [0.15, 0.2) is 66.9 Å². The topological polar surface area (TPSA) is 163 Å². The molecule has 3 aromatic carbocycles. The number of phenolic OH excluding ortho intramolecular Hbond substituents is 1. The zero-order valence-corrected chi connectivity index (χ0v) is 24.9. The van der Waals surface area contributed by atoms with Crippen LogP contribution < -0.4 is 10.6 Å². The normalized spacial score (nSPS) is 13.7. The van der Waals surface area contributed by atoms with E-state index < -0.39 is 41.2 Å². The SMILES string of the molecule is Cc1c(C(=O)O)ccc2c1CC[C@@H]2NC(=O)c1cc(C(=O)NCc2ccc(F)c(F)c2)nc2c(C(=O)Cc3ccc(O)cc3)cnn12. The van der Waals surface area contributed by atoms with Gasteiger partial charge in [0.15, 0.2) is 23.1 Å². The minimum Gasteiger partial charge on any atom is -0.508 e. The van der Waals surface area contributed by atoms with Gasteiger partial charge in [-0.15, -0.1) is 0 Å². The third-order valence-electron chi connectivity index (χ3n) is 8.20. The zero-order chi connectivity index (χ0) is 33.4. The molecule has 6 rings (SSSR count). The van der Waals surface area contributed by atoms with Crippen molar-refractivity contribution in [2.75, 3.05) is 0 Å². The lowest BCUT2D eigenvalue weighted by molar-refractivity contribution is 0.0695. The third kappa shape index (κ3) is 6.15. The Morgan fingerprint density at radius 2 is 1.68 bits per heavy atom. The number of benzene rings is 3. The van der Waals surface area contributed by atoms with Gasteiger partial charge in [-0.05, 0) is 77.9 Å². The van der Waals surface area contributed by atoms with Crippen molar-refractivity contribution in [2.45, 2.75) is 38.8 Å². The molecule has 238 valence electrons. The molecular weight excluding hydrogens is 612 g/mol. The number of aromatic nitrogens is 3. The first kappa shape index (κ1) is 31.0. The molecule has 0 unspecified atom stereocenters. The van der Waals surface area contributed by atoms with Crippen LogP contribution in [-0.4, -0.2) is 48.4 Å². The molecule has 0 saturated heterocycles. The van der Waals surface area contributed by atoms with E-state index in [1.54, 1.807) is 25.1 Å². The van der Waals surface area contributed by atoms with Crippen LogP contribution in [0, 0.1) is 18.6 Å². The van der Waals surface area contributed by atoms with Crippen LogP contribution >= 0.6 is 0 Å². The summed E-state index contributed by atoms with van der Waals surface area (Å²) in [5, 5.41) is 28.9. The number of amides is 2. The molecule has 2 heterocycles. The molecule has 2 aromatic heterocycles. The number of carbonyl (C=O) groups is 4. The number of aromatic carboxylic acids is 1. The maximum absolute atomic E-state index is 13.8. The molecule has 0 radical (unpaired) electrons. The van der Waals surface area contributed by atoms with Crippen molar-refractivity contribution < 1.29 is 38.2 Å². The Balaban J connectivity index is 1.33. The van der Waals surface area contributed by atoms with Gasteiger partial charge in [0, 0.05) is 19.0 Å². The number of carboxylic acids is 1. The highest BCUT2D eigenvalue weighted by Gasteiger charge is 2.29. The smallest absolute Gasteiger partial charge is 0.335 e. The number of phenols is 1. The van der Waals surface area contributed by atoms with Crippen LogP contribution in [0.3, 0.4) is 0 Å². The van der Waals surface area contributed by atoms with E-state index in [0.29, 0.717) is 24.0 Å². The van der Waals surface area contributed by atoms with Crippen molar-refractivity contribution in [1.82, 2.24) is 25.2 Å². The van der Waals surface area contributed by atoms with Crippen molar-refractivity contribution in [3.05, 3.63) is 129 Å². The van der Waals surface area contributed by atoms with Crippen molar-refractivity contribution in [2.24, 2.45) is 0 Å². The van der Waals surface area contributed by atoms with E-state index >= 15 is 0 Å². The second-order valence-corrected chi connectivity index (χ2v) is 11.2. The Bertz CT molecular complexity index is 2090. The number of hydrogen-bond donors (Lipinski definition) is 4. The summed E-state index contributed by atoms with van der Waals surface area (Å²) in [6.07, 6.45) is 2.24. The molecule has 4 N–H and O–H groups in total. The van der Waals surface area contributed by atoms with Gasteiger partial charge in [-0.25, -0.2) is 23.1 Å². The first-order valence-corrected chi connectivity index (χ1v) is 14.6. The minimum absolute atomic E-state index is 0.0379. The van der Waals surface area contributed by atoms with Crippen LogP contribution in [-0.2, 0) is 19.4 Å². The van der Waals surface area contributed by atoms with E-state index in [4.69, 9.17) is 0 Å². The average Bonchev–Trinajstić information content (AvgIpc) is 3.67. The Kier molecular flexibility index (Phi) is 8.20. The predicted octanol–water partition coefficient (Wildman–Crippen LogP) is 4.49. The summed E-state index contributed by atoms with van der Waals surface area (Å²) in [6.45, 7) is 1.55. The summed E-state index contributed by atoms with van der Waals surface area (Å²) >= 11 is 0. The van der Waals surface area contributed by atoms with Crippen molar-refractivity contribution in [3.8, 4) is 5.75 Å². The van der Waals surface area contributed by atoms with E-state index in [1.807, 2.05) is 0 Å². The standard InChI is InChI=1S/C34H27F2N5O6/c1-17-21-9-11-27(23(21)8-7-22(17)34(46)47)40-33(45)29-14-28(32(44)37-15-19-4-10-25(35)26(36)12-19)39-31-24(16-38-41(29)31)30(43)13-18-2-5-20(42)6-3-18/h2-8,10,12,14,16,27,42H,9,11,13,15H2,1H3,(H,37,44)(H,40,45)(H,46,47)/t27-/m0/s1. The third-order valence-corrected chi connectivity index (χ3v) is 8.20. The van der Waals surface area contributed by atoms with Gasteiger partial charge in [0.25, 0.3) is 11.8 Å². The molecule has 47 heavy (non-hydrogen) atoms. The van der Waals surface area contributed by atoms with Crippen LogP contribution in [0.5, 0.6) is 5.75 Å². The number of nitrogens with zero attached hydrogens (tertiary/aromatic N) is 3. The molecule has 13 heteroatoms. The molecule has 11 nitrogen and oxygen atoms in total. The summed E-state index contributed by atoms with van der Waals surface area (Å²) in [7, 11) is 0. The molecule has 1 atom stereocenters. The number of hydrogen-bond acceptors (Lipinski definition) is 7. The summed E-state index contributed by atoms with van der Waals surface area (Å²) in [5.41, 5.74) is 3.00. The van der Waals surface area contributed by atoms with Gasteiger partial charge >= 0.3 is 5.97 Å². The molecule has 0 saturated carbocycles. The summed E-state index contributed by atoms with van der Waals surface area (Å²) in [5.74, 6) is -4.88. The lowest BCUT2D eigenvalue weighted by atomic mass is 9.98. The van der Waals surface area contributed by atoms with Gasteiger partial charge in [-0.1, -0.05) is 24.3 Å². The van der Waals surface area contributed by atoms with E-state index in [0.717, 1.165) is 23.3 Å². The highest BCUT2D eigenvalue weighted by atomic mass is 19.2. The Morgan fingerprint density at radius 3 is 2.40 bits per heavy atom. The van der Waals surface area contributed by atoms with Crippen molar-refractivity contribution >= 4 is 29.2 Å². The lowest BCUT2D eigenvalue weighted by Gasteiger charge is -2.16. The molecule has 0 bridgehead atoms. The van der Waals surface area contributed by atoms with Crippen molar-refractivity contribution in [3.63, 3.8) is 0 Å². The number of carbonyl (C=O) groups excluding carboxylic acids is 3. The highest BCUT2D eigenvalue weighted by Crippen LogP contribution is 2.35. The van der Waals surface area contributed by atoms with E-state index in [1.165, 1.54) is 41.0 Å². The second-order valence-electron chi connectivity index (χ2n) is 11.2. The van der Waals surface area contributed by atoms with Gasteiger partial charge in [-0.2, -0.15) is 5.10 Å². The number of rotatable bonds is 9. The van der Waals surface area contributed by atoms with Crippen LogP contribution in [0.1, 0.15) is 82.0 Å². The lowest BCUT2D eigenvalue weighted by Crippen LogP contribution is -2.31. The van der Waals surface area contributed by atoms with E-state index in [-0.39, 0.29) is 52.4 Å². The fraction of sp³-hybridized carbons (Fsp3) is 0.176. The molecule has 0 fully saturated rings. The highest BCUT2D eigenvalue weighted by molar-refractivity contribution is 6.04. The molecule has 1 aliphatic rings.